The second-order valence-corrected chi connectivity index (χ2v) is 8.56. The fourth-order valence-corrected chi connectivity index (χ4v) is 4.60. The molecule has 1 saturated carbocycles. The molecule has 1 aliphatic carbocycles. The Hall–Kier alpha value is -2.62. The molecule has 4 rings (SSSR count). The average Bonchev–Trinajstić information content (AvgIpc) is 3.13. The Morgan fingerprint density at radius 1 is 1.29 bits per heavy atom. The first kappa shape index (κ1) is 21.6. The molecule has 0 spiro atoms. The summed E-state index contributed by atoms with van der Waals surface area (Å²) in [5, 5.41) is 8.41. The van der Waals surface area contributed by atoms with E-state index < -0.39 is 6.04 Å². The molecule has 1 aromatic carbocycles. The minimum Gasteiger partial charge on any atom is -0.383 e. The van der Waals surface area contributed by atoms with E-state index in [-0.39, 0.29) is 5.91 Å². The molecule has 2 aromatic heterocycles. The second kappa shape index (κ2) is 10.1. The predicted octanol–water partition coefficient (Wildman–Crippen LogP) is 4.75. The van der Waals surface area contributed by atoms with E-state index in [0.717, 1.165) is 40.7 Å². The van der Waals surface area contributed by atoms with Gasteiger partial charge in [0.15, 0.2) is 0 Å². The SMILES string of the molecule is COOSc1ccc2nn(C(CC3CCCCC3)C(=O)Nc3ccccn3)c(N)c2c1. The van der Waals surface area contributed by atoms with Crippen LogP contribution in [0.2, 0.25) is 0 Å². The lowest BCUT2D eigenvalue weighted by Crippen LogP contribution is -2.30. The molecule has 0 saturated heterocycles. The number of nitrogen functional groups attached to an aromatic ring is 1. The molecule has 9 heteroatoms. The van der Waals surface area contributed by atoms with Crippen LogP contribution in [0.5, 0.6) is 0 Å². The number of nitrogens with zero attached hydrogens (tertiary/aromatic N) is 3. The third-order valence-corrected chi connectivity index (χ3v) is 6.35. The minimum atomic E-state index is -0.510. The van der Waals surface area contributed by atoms with Crippen LogP contribution in [0.25, 0.3) is 10.9 Å². The first-order valence-electron chi connectivity index (χ1n) is 10.5. The molecule has 0 aliphatic heterocycles. The van der Waals surface area contributed by atoms with Crippen LogP contribution in [0, 0.1) is 5.92 Å². The topological polar surface area (TPSA) is 104 Å². The number of aromatic nitrogens is 3. The summed E-state index contributed by atoms with van der Waals surface area (Å²) < 4.78 is 6.62. The number of pyridine rings is 1. The van der Waals surface area contributed by atoms with Gasteiger partial charge in [-0.25, -0.2) is 14.6 Å². The number of carbonyl (C=O) groups is 1. The number of benzene rings is 1. The van der Waals surface area contributed by atoms with E-state index in [1.54, 1.807) is 16.9 Å². The lowest BCUT2D eigenvalue weighted by atomic mass is 9.84. The Morgan fingerprint density at radius 3 is 2.87 bits per heavy atom. The molecule has 0 bridgehead atoms. The van der Waals surface area contributed by atoms with Gasteiger partial charge >= 0.3 is 0 Å². The molecule has 3 aromatic rings. The van der Waals surface area contributed by atoms with Gasteiger partial charge < -0.3 is 11.1 Å². The van der Waals surface area contributed by atoms with Crippen molar-refractivity contribution in [2.24, 2.45) is 5.92 Å². The summed E-state index contributed by atoms with van der Waals surface area (Å²) in [6.07, 6.45) is 8.28. The molecule has 1 atom stereocenters. The van der Waals surface area contributed by atoms with Crippen LogP contribution >= 0.6 is 12.0 Å². The second-order valence-electron chi connectivity index (χ2n) is 7.79. The molecule has 31 heavy (non-hydrogen) atoms. The summed E-state index contributed by atoms with van der Waals surface area (Å²) in [6.45, 7) is 0. The Kier molecular flexibility index (Phi) is 7.06. The molecule has 8 nitrogen and oxygen atoms in total. The number of fused-ring (bicyclic) bond motifs is 1. The van der Waals surface area contributed by atoms with E-state index in [9.17, 15) is 4.79 Å². The van der Waals surface area contributed by atoms with Gasteiger partial charge in [-0.15, -0.1) is 0 Å². The lowest BCUT2D eigenvalue weighted by Gasteiger charge is -2.26. The summed E-state index contributed by atoms with van der Waals surface area (Å²) in [7, 11) is 1.45. The van der Waals surface area contributed by atoms with Crippen molar-refractivity contribution in [3.05, 3.63) is 42.6 Å². The van der Waals surface area contributed by atoms with E-state index in [0.29, 0.717) is 24.0 Å². The summed E-state index contributed by atoms with van der Waals surface area (Å²) in [4.78, 5) is 23.0. The number of amides is 1. The van der Waals surface area contributed by atoms with Gasteiger partial charge in [-0.05, 0) is 42.7 Å². The van der Waals surface area contributed by atoms with Gasteiger partial charge in [0.1, 0.15) is 17.7 Å². The third-order valence-electron chi connectivity index (χ3n) is 5.70. The highest BCUT2D eigenvalue weighted by molar-refractivity contribution is 7.94. The fourth-order valence-electron chi connectivity index (χ4n) is 4.17. The smallest absolute Gasteiger partial charge is 0.250 e. The minimum absolute atomic E-state index is 0.152. The van der Waals surface area contributed by atoms with Crippen LogP contribution in [-0.4, -0.2) is 27.8 Å². The van der Waals surface area contributed by atoms with Gasteiger partial charge in [0, 0.05) is 16.5 Å². The Bertz CT molecular complexity index is 1020. The van der Waals surface area contributed by atoms with Crippen molar-refractivity contribution in [1.29, 1.82) is 0 Å². The number of carbonyl (C=O) groups excluding carboxylic acids is 1. The molecule has 1 aliphatic rings. The standard InChI is InChI=1S/C22H27N5O3S/c1-29-30-31-16-10-11-18-17(14-16)21(23)27(26-18)19(13-15-7-3-2-4-8-15)22(28)25-20-9-5-6-12-24-20/h5-6,9-12,14-15,19H,2-4,7-8,13,23H2,1H3,(H,24,25,28). The van der Waals surface area contributed by atoms with Crippen molar-refractivity contribution in [2.45, 2.75) is 49.5 Å². The number of rotatable bonds is 8. The van der Waals surface area contributed by atoms with Gasteiger partial charge in [-0.2, -0.15) is 9.43 Å². The van der Waals surface area contributed by atoms with Crippen LogP contribution in [0.4, 0.5) is 11.6 Å². The maximum absolute atomic E-state index is 13.3. The van der Waals surface area contributed by atoms with E-state index in [1.165, 1.54) is 26.4 Å². The summed E-state index contributed by atoms with van der Waals surface area (Å²) in [5.74, 6) is 1.31. The lowest BCUT2D eigenvalue weighted by molar-refractivity contribution is -0.160. The maximum atomic E-state index is 13.3. The molecule has 1 fully saturated rings. The zero-order chi connectivity index (χ0) is 21.6. The van der Waals surface area contributed by atoms with Crippen molar-refractivity contribution < 1.29 is 14.0 Å². The fraction of sp³-hybridized carbons (Fsp3) is 0.409. The highest BCUT2D eigenvalue weighted by Gasteiger charge is 2.29. The van der Waals surface area contributed by atoms with Crippen molar-refractivity contribution in [2.75, 3.05) is 18.2 Å². The van der Waals surface area contributed by atoms with Crippen LogP contribution < -0.4 is 11.1 Å². The molecule has 2 heterocycles. The summed E-state index contributed by atoms with van der Waals surface area (Å²) >= 11 is 1.10. The van der Waals surface area contributed by atoms with Crippen molar-refractivity contribution in [1.82, 2.24) is 14.8 Å². The third kappa shape index (κ3) is 5.17. The molecule has 164 valence electrons. The van der Waals surface area contributed by atoms with E-state index >= 15 is 0 Å². The Labute approximate surface area is 185 Å². The quantitative estimate of drug-likeness (QED) is 0.295. The van der Waals surface area contributed by atoms with Crippen molar-refractivity contribution in [3.63, 3.8) is 0 Å². The Morgan fingerprint density at radius 2 is 2.13 bits per heavy atom. The highest BCUT2D eigenvalue weighted by atomic mass is 32.2. The molecule has 1 unspecified atom stereocenters. The molecule has 1 amide bonds. The van der Waals surface area contributed by atoms with Gasteiger partial charge in [0.2, 0.25) is 5.91 Å². The number of hydrogen-bond donors (Lipinski definition) is 2. The number of nitrogens with one attached hydrogen (secondary N) is 1. The van der Waals surface area contributed by atoms with Gasteiger partial charge in [0.25, 0.3) is 0 Å². The van der Waals surface area contributed by atoms with E-state index in [4.69, 9.17) is 15.2 Å². The monoisotopic (exact) mass is 441 g/mol. The van der Waals surface area contributed by atoms with Gasteiger partial charge in [-0.1, -0.05) is 38.2 Å². The molecule has 3 N–H and O–H groups in total. The number of anilines is 2. The van der Waals surface area contributed by atoms with E-state index in [1.807, 2.05) is 30.3 Å². The zero-order valence-corrected chi connectivity index (χ0v) is 18.3. The summed E-state index contributed by atoms with van der Waals surface area (Å²) in [6, 6.07) is 10.6. The van der Waals surface area contributed by atoms with Crippen molar-refractivity contribution in [3.8, 4) is 0 Å². The first-order valence-corrected chi connectivity index (χ1v) is 11.3. The first-order chi connectivity index (χ1) is 15.2. The zero-order valence-electron chi connectivity index (χ0n) is 17.5. The largest absolute Gasteiger partial charge is 0.383 e. The Balaban J connectivity index is 1.65. The predicted molar refractivity (Wildman–Crippen MR) is 121 cm³/mol. The maximum Gasteiger partial charge on any atom is 0.250 e. The molecule has 0 radical (unpaired) electrons. The van der Waals surface area contributed by atoms with Crippen molar-refractivity contribution >= 4 is 40.5 Å². The normalized spacial score (nSPS) is 15.8. The van der Waals surface area contributed by atoms with Crippen LogP contribution in [-0.2, 0) is 14.0 Å². The van der Waals surface area contributed by atoms with Gasteiger partial charge in [0.05, 0.1) is 24.7 Å². The molecular formula is C22H27N5O3S. The van der Waals surface area contributed by atoms with E-state index in [2.05, 4.69) is 15.2 Å². The number of hydrogen-bond acceptors (Lipinski definition) is 7. The van der Waals surface area contributed by atoms with Crippen LogP contribution in [0.3, 0.4) is 0 Å². The average molecular weight is 442 g/mol. The van der Waals surface area contributed by atoms with Crippen LogP contribution in [0.15, 0.2) is 47.5 Å². The summed E-state index contributed by atoms with van der Waals surface area (Å²) in [5.41, 5.74) is 7.23. The van der Waals surface area contributed by atoms with Crippen LogP contribution in [0.1, 0.15) is 44.6 Å². The van der Waals surface area contributed by atoms with Gasteiger partial charge in [-0.3, -0.25) is 4.79 Å². The molecular weight excluding hydrogens is 414 g/mol. The highest BCUT2D eigenvalue weighted by Crippen LogP contribution is 2.35. The number of nitrogens with two attached hydrogens (primary N) is 1.